The summed E-state index contributed by atoms with van der Waals surface area (Å²) < 4.78 is 16.1. The summed E-state index contributed by atoms with van der Waals surface area (Å²) in [6, 6.07) is 17.4. The van der Waals surface area contributed by atoms with Crippen molar-refractivity contribution in [2.75, 3.05) is 0 Å². The van der Waals surface area contributed by atoms with E-state index in [2.05, 4.69) is 15.1 Å². The largest absolute Gasteiger partial charge is 0.457 e. The highest BCUT2D eigenvalue weighted by Gasteiger charge is 2.13. The Hall–Kier alpha value is -3.74. The molecule has 29 heavy (non-hydrogen) atoms. The average Bonchev–Trinajstić information content (AvgIpc) is 3.42. The molecule has 7 nitrogen and oxygen atoms in total. The van der Waals surface area contributed by atoms with Gasteiger partial charge in [0.05, 0.1) is 12.6 Å². The molecule has 2 aromatic heterocycles. The van der Waals surface area contributed by atoms with Gasteiger partial charge in [0.2, 0.25) is 5.82 Å². The second kappa shape index (κ2) is 8.52. The Kier molecular flexibility index (Phi) is 5.47. The van der Waals surface area contributed by atoms with E-state index in [0.717, 1.165) is 16.7 Å². The quantitative estimate of drug-likeness (QED) is 0.433. The minimum atomic E-state index is -0.383. The average molecular weight is 389 g/mol. The molecule has 0 amide bonds. The lowest BCUT2D eigenvalue weighted by molar-refractivity contribution is -0.145. The Labute approximate surface area is 167 Å². The van der Waals surface area contributed by atoms with Crippen molar-refractivity contribution in [1.29, 1.82) is 0 Å². The third-order valence-electron chi connectivity index (χ3n) is 4.28. The molecule has 0 unspecified atom stereocenters. The fourth-order valence-electron chi connectivity index (χ4n) is 2.71. The molecule has 0 aliphatic rings. The minimum absolute atomic E-state index is 0.0466. The topological polar surface area (TPSA) is 91.2 Å². The van der Waals surface area contributed by atoms with Gasteiger partial charge in [0.25, 0.3) is 5.89 Å². The first-order valence-corrected chi connectivity index (χ1v) is 9.23. The predicted molar refractivity (Wildman–Crippen MR) is 105 cm³/mol. The molecule has 0 atom stereocenters. The van der Waals surface area contributed by atoms with Gasteiger partial charge in [-0.1, -0.05) is 53.2 Å². The normalized spacial score (nSPS) is 10.8. The molecule has 0 bridgehead atoms. The predicted octanol–water partition coefficient (Wildman–Crippen LogP) is 4.38. The Balaban J connectivity index is 1.27. The van der Waals surface area contributed by atoms with Gasteiger partial charge in [-0.15, -0.1) is 0 Å². The van der Waals surface area contributed by atoms with Gasteiger partial charge in [0.15, 0.2) is 18.3 Å². The van der Waals surface area contributed by atoms with E-state index in [4.69, 9.17) is 13.7 Å². The zero-order valence-electron chi connectivity index (χ0n) is 15.9. The molecule has 0 aliphatic heterocycles. The molecule has 4 rings (SSSR count). The van der Waals surface area contributed by atoms with Crippen molar-refractivity contribution in [2.24, 2.45) is 0 Å². The second-order valence-electron chi connectivity index (χ2n) is 6.53. The summed E-state index contributed by atoms with van der Waals surface area (Å²) in [6.07, 6.45) is 2.16. The second-order valence-corrected chi connectivity index (χ2v) is 6.53. The van der Waals surface area contributed by atoms with Crippen LogP contribution in [-0.4, -0.2) is 21.1 Å². The molecule has 0 aliphatic carbocycles. The number of nitrogens with zero attached hydrogens (tertiary/aromatic N) is 3. The molecule has 2 heterocycles. The van der Waals surface area contributed by atoms with Gasteiger partial charge in [-0.2, -0.15) is 4.98 Å². The summed E-state index contributed by atoms with van der Waals surface area (Å²) in [6.45, 7) is 1.96. The lowest BCUT2D eigenvalue weighted by Crippen LogP contribution is -2.06. The van der Waals surface area contributed by atoms with Crippen LogP contribution in [0.15, 0.2) is 69.7 Å². The van der Waals surface area contributed by atoms with E-state index in [1.807, 2.05) is 61.5 Å². The Morgan fingerprint density at radius 1 is 1.03 bits per heavy atom. The number of rotatable bonds is 7. The van der Waals surface area contributed by atoms with Gasteiger partial charge in [0.1, 0.15) is 0 Å². The number of aromatic nitrogens is 3. The first-order chi connectivity index (χ1) is 14.2. The first kappa shape index (κ1) is 18.6. The van der Waals surface area contributed by atoms with Crippen LogP contribution in [-0.2, 0) is 22.6 Å². The van der Waals surface area contributed by atoms with Crippen LogP contribution >= 0.6 is 0 Å². The van der Waals surface area contributed by atoms with Crippen molar-refractivity contribution in [3.63, 3.8) is 0 Å². The van der Waals surface area contributed by atoms with Gasteiger partial charge >= 0.3 is 5.97 Å². The molecule has 0 radical (unpaired) electrons. The van der Waals surface area contributed by atoms with Gasteiger partial charge in [-0.25, -0.2) is 4.98 Å². The van der Waals surface area contributed by atoms with Crippen molar-refractivity contribution in [3.05, 3.63) is 78.1 Å². The molecular formula is C22H19N3O4. The first-order valence-electron chi connectivity index (χ1n) is 9.23. The van der Waals surface area contributed by atoms with Crippen molar-refractivity contribution < 1.29 is 18.5 Å². The van der Waals surface area contributed by atoms with Crippen molar-refractivity contribution >= 4 is 5.97 Å². The van der Waals surface area contributed by atoms with Crippen molar-refractivity contribution in [1.82, 2.24) is 15.1 Å². The van der Waals surface area contributed by atoms with E-state index >= 15 is 0 Å². The summed E-state index contributed by atoms with van der Waals surface area (Å²) in [5.74, 6) is 1.48. The maximum Gasteiger partial charge on any atom is 0.306 e. The zero-order valence-corrected chi connectivity index (χ0v) is 15.9. The lowest BCUT2D eigenvalue weighted by atomic mass is 10.1. The molecule has 0 N–H and O–H groups in total. The standard InChI is InChI=1S/C22H19N3O4/c1-15-7-9-17(10-8-15)22-24-19(25-29-22)14-27-21(26)12-11-20-23-13-18(28-20)16-5-3-2-4-6-16/h2-10,13H,11-12,14H2,1H3. The third kappa shape index (κ3) is 4.76. The van der Waals surface area contributed by atoms with Crippen LogP contribution < -0.4 is 0 Å². The molecular weight excluding hydrogens is 370 g/mol. The van der Waals surface area contributed by atoms with Gasteiger partial charge in [-0.05, 0) is 19.1 Å². The highest BCUT2D eigenvalue weighted by atomic mass is 16.5. The summed E-state index contributed by atoms with van der Waals surface area (Å²) in [4.78, 5) is 20.5. The number of aryl methyl sites for hydroxylation is 2. The number of hydrogen-bond donors (Lipinski definition) is 0. The Morgan fingerprint density at radius 2 is 1.83 bits per heavy atom. The number of carbonyl (C=O) groups excluding carboxylic acids is 1. The van der Waals surface area contributed by atoms with E-state index in [1.54, 1.807) is 6.20 Å². The van der Waals surface area contributed by atoms with Crippen molar-refractivity contribution in [3.8, 4) is 22.8 Å². The van der Waals surface area contributed by atoms with Gasteiger partial charge in [0, 0.05) is 17.5 Å². The molecule has 0 fully saturated rings. The van der Waals surface area contributed by atoms with Crippen LogP contribution in [0.3, 0.4) is 0 Å². The number of benzene rings is 2. The zero-order chi connectivity index (χ0) is 20.1. The summed E-state index contributed by atoms with van der Waals surface area (Å²) in [5.41, 5.74) is 2.90. The highest BCUT2D eigenvalue weighted by Crippen LogP contribution is 2.20. The monoisotopic (exact) mass is 389 g/mol. The van der Waals surface area contributed by atoms with Crippen LogP contribution in [0.2, 0.25) is 0 Å². The summed E-state index contributed by atoms with van der Waals surface area (Å²) in [5, 5.41) is 3.85. The van der Waals surface area contributed by atoms with E-state index in [9.17, 15) is 4.79 Å². The minimum Gasteiger partial charge on any atom is -0.457 e. The van der Waals surface area contributed by atoms with Crippen LogP contribution in [0.5, 0.6) is 0 Å². The summed E-state index contributed by atoms with van der Waals surface area (Å²) in [7, 11) is 0. The van der Waals surface area contributed by atoms with E-state index in [0.29, 0.717) is 29.8 Å². The third-order valence-corrected chi connectivity index (χ3v) is 4.28. The van der Waals surface area contributed by atoms with Crippen LogP contribution in [0.25, 0.3) is 22.8 Å². The Bertz CT molecular complexity index is 1080. The number of hydrogen-bond acceptors (Lipinski definition) is 7. The molecule has 7 heteroatoms. The Morgan fingerprint density at radius 3 is 2.62 bits per heavy atom. The molecule has 0 saturated carbocycles. The maximum absolute atomic E-state index is 12.0. The molecule has 4 aromatic rings. The van der Waals surface area contributed by atoms with Gasteiger partial charge in [-0.3, -0.25) is 4.79 Å². The van der Waals surface area contributed by atoms with Crippen molar-refractivity contribution in [2.45, 2.75) is 26.4 Å². The number of oxazole rings is 1. The molecule has 0 saturated heterocycles. The van der Waals surface area contributed by atoms with E-state index < -0.39 is 0 Å². The number of esters is 1. The molecule has 146 valence electrons. The van der Waals surface area contributed by atoms with Gasteiger partial charge < -0.3 is 13.7 Å². The maximum atomic E-state index is 12.0. The lowest BCUT2D eigenvalue weighted by Gasteiger charge is -2.00. The molecule has 0 spiro atoms. The number of ether oxygens (including phenoxy) is 1. The van der Waals surface area contributed by atoms with Crippen LogP contribution in [0.1, 0.15) is 23.7 Å². The smallest absolute Gasteiger partial charge is 0.306 e. The number of carbonyl (C=O) groups is 1. The summed E-state index contributed by atoms with van der Waals surface area (Å²) >= 11 is 0. The van der Waals surface area contributed by atoms with Crippen LogP contribution in [0.4, 0.5) is 0 Å². The highest BCUT2D eigenvalue weighted by molar-refractivity contribution is 5.69. The van der Waals surface area contributed by atoms with Crippen LogP contribution in [0, 0.1) is 6.92 Å². The van der Waals surface area contributed by atoms with E-state index in [-0.39, 0.29) is 19.0 Å². The fraction of sp³-hybridized carbons (Fsp3) is 0.182. The fourth-order valence-corrected chi connectivity index (χ4v) is 2.71. The SMILES string of the molecule is Cc1ccc(-c2nc(COC(=O)CCc3ncc(-c4ccccc4)o3)no2)cc1. The van der Waals surface area contributed by atoms with E-state index in [1.165, 1.54) is 0 Å². The molecule has 2 aromatic carbocycles.